The van der Waals surface area contributed by atoms with E-state index in [0.717, 1.165) is 16.7 Å². The summed E-state index contributed by atoms with van der Waals surface area (Å²) in [4.78, 5) is 54.7. The molecule has 0 fully saturated rings. The predicted octanol–water partition coefficient (Wildman–Crippen LogP) is 4.99. The Morgan fingerprint density at radius 3 is 2.50 bits per heavy atom. The second-order valence-electron chi connectivity index (χ2n) is 7.75. The van der Waals surface area contributed by atoms with Gasteiger partial charge in [0.2, 0.25) is 0 Å². The van der Waals surface area contributed by atoms with Crippen LogP contribution in [-0.2, 0) is 9.47 Å². The molecule has 0 saturated carbocycles. The van der Waals surface area contributed by atoms with Crippen molar-refractivity contribution < 1.29 is 33.0 Å². The van der Waals surface area contributed by atoms with E-state index >= 15 is 0 Å². The van der Waals surface area contributed by atoms with E-state index in [-0.39, 0.29) is 52.4 Å². The third-order valence-electron chi connectivity index (χ3n) is 5.32. The van der Waals surface area contributed by atoms with Gasteiger partial charge in [0.05, 0.1) is 35.7 Å². The minimum Gasteiger partial charge on any atom is -0.450 e. The van der Waals surface area contributed by atoms with Crippen LogP contribution in [0.25, 0.3) is 22.2 Å². The Morgan fingerprint density at radius 1 is 1.00 bits per heavy atom. The number of carbonyl (C=O) groups is 3. The van der Waals surface area contributed by atoms with Crippen LogP contribution < -0.4 is 15.5 Å². The molecule has 38 heavy (non-hydrogen) atoms. The molecule has 0 aliphatic rings. The van der Waals surface area contributed by atoms with Crippen LogP contribution in [0.3, 0.4) is 0 Å². The number of ether oxygens (including phenoxy) is 3. The van der Waals surface area contributed by atoms with E-state index in [2.05, 4.69) is 10.3 Å². The number of para-hydroxylation sites is 1. The zero-order valence-corrected chi connectivity index (χ0v) is 20.4. The molecule has 4 rings (SSSR count). The van der Waals surface area contributed by atoms with Gasteiger partial charge in [0.15, 0.2) is 5.43 Å². The van der Waals surface area contributed by atoms with Crippen molar-refractivity contribution >= 4 is 34.7 Å². The lowest BCUT2D eigenvalue weighted by molar-refractivity contribution is 0.0734. The SMILES string of the molecule is CCOC(=O)Nc1cc(OC(=O)c2cccnc2)ccc1-c1cc(=O)c2cccc(F)c2n1C(=O)OCC. The van der Waals surface area contributed by atoms with Gasteiger partial charge in [-0.25, -0.2) is 23.3 Å². The molecule has 4 aromatic rings. The van der Waals surface area contributed by atoms with E-state index < -0.39 is 29.4 Å². The molecule has 1 amide bonds. The second kappa shape index (κ2) is 11.3. The maximum absolute atomic E-state index is 15.0. The van der Waals surface area contributed by atoms with Crippen molar-refractivity contribution in [2.45, 2.75) is 13.8 Å². The van der Waals surface area contributed by atoms with Gasteiger partial charge < -0.3 is 14.2 Å². The van der Waals surface area contributed by atoms with Gasteiger partial charge in [0, 0.05) is 35.5 Å². The zero-order valence-electron chi connectivity index (χ0n) is 20.4. The van der Waals surface area contributed by atoms with E-state index in [1.165, 1.54) is 48.8 Å². The predicted molar refractivity (Wildman–Crippen MR) is 136 cm³/mol. The summed E-state index contributed by atoms with van der Waals surface area (Å²) >= 11 is 0. The molecule has 0 bridgehead atoms. The zero-order chi connectivity index (χ0) is 27.2. The molecule has 0 aliphatic heterocycles. The molecule has 2 aromatic heterocycles. The normalized spacial score (nSPS) is 10.6. The Labute approximate surface area is 215 Å². The first-order chi connectivity index (χ1) is 18.3. The summed E-state index contributed by atoms with van der Waals surface area (Å²) in [5.74, 6) is -1.49. The number of aromatic nitrogens is 2. The Kier molecular flexibility index (Phi) is 7.76. The summed E-state index contributed by atoms with van der Waals surface area (Å²) in [5, 5.41) is 2.48. The summed E-state index contributed by atoms with van der Waals surface area (Å²) in [7, 11) is 0. The number of anilines is 1. The lowest BCUT2D eigenvalue weighted by Gasteiger charge is -2.19. The van der Waals surface area contributed by atoms with Crippen LogP contribution in [-0.4, -0.2) is 40.9 Å². The molecule has 10 nitrogen and oxygen atoms in total. The average Bonchev–Trinajstić information content (AvgIpc) is 2.90. The average molecular weight is 519 g/mol. The van der Waals surface area contributed by atoms with E-state index in [1.54, 1.807) is 19.9 Å². The quantitative estimate of drug-likeness (QED) is 0.279. The van der Waals surface area contributed by atoms with Gasteiger partial charge in [0.1, 0.15) is 11.6 Å². The molecule has 0 unspecified atom stereocenters. The Hall–Kier alpha value is -5.06. The monoisotopic (exact) mass is 519 g/mol. The molecule has 11 heteroatoms. The minimum atomic E-state index is -0.938. The first kappa shape index (κ1) is 26.0. The fourth-order valence-corrected chi connectivity index (χ4v) is 3.74. The molecule has 0 atom stereocenters. The fourth-order valence-electron chi connectivity index (χ4n) is 3.74. The molecule has 2 aromatic carbocycles. The first-order valence-electron chi connectivity index (χ1n) is 11.6. The van der Waals surface area contributed by atoms with Gasteiger partial charge >= 0.3 is 18.2 Å². The third kappa shape index (κ3) is 5.36. The molecule has 0 aliphatic carbocycles. The van der Waals surface area contributed by atoms with E-state index in [4.69, 9.17) is 14.2 Å². The van der Waals surface area contributed by atoms with Crippen LogP contribution in [0.4, 0.5) is 19.7 Å². The molecule has 1 N–H and O–H groups in total. The Balaban J connectivity index is 1.91. The van der Waals surface area contributed by atoms with E-state index in [1.807, 2.05) is 0 Å². The van der Waals surface area contributed by atoms with Crippen LogP contribution in [0.5, 0.6) is 5.75 Å². The molecule has 0 radical (unpaired) electrons. The highest BCUT2D eigenvalue weighted by Gasteiger charge is 2.23. The summed E-state index contributed by atoms with van der Waals surface area (Å²) in [6, 6.07) is 12.2. The molecule has 2 heterocycles. The van der Waals surface area contributed by atoms with Gasteiger partial charge in [0.25, 0.3) is 0 Å². The number of halogens is 1. The maximum Gasteiger partial charge on any atom is 0.419 e. The van der Waals surface area contributed by atoms with Crippen LogP contribution in [0.1, 0.15) is 24.2 Å². The van der Waals surface area contributed by atoms with Crippen molar-refractivity contribution in [3.8, 4) is 17.0 Å². The van der Waals surface area contributed by atoms with Crippen LogP contribution >= 0.6 is 0 Å². The number of nitrogens with zero attached hydrogens (tertiary/aromatic N) is 2. The van der Waals surface area contributed by atoms with Gasteiger partial charge in [-0.1, -0.05) is 6.07 Å². The van der Waals surface area contributed by atoms with E-state index in [0.29, 0.717) is 0 Å². The number of esters is 1. The number of fused-ring (bicyclic) bond motifs is 1. The number of benzene rings is 2. The third-order valence-corrected chi connectivity index (χ3v) is 5.32. The van der Waals surface area contributed by atoms with Gasteiger partial charge in [-0.05, 0) is 50.2 Å². The van der Waals surface area contributed by atoms with Crippen LogP contribution in [0.15, 0.2) is 71.8 Å². The number of hydrogen-bond donors (Lipinski definition) is 1. The van der Waals surface area contributed by atoms with Gasteiger partial charge in [-0.15, -0.1) is 0 Å². The minimum absolute atomic E-state index is 0.0164. The number of rotatable bonds is 6. The summed E-state index contributed by atoms with van der Waals surface area (Å²) in [6.45, 7) is 3.23. The van der Waals surface area contributed by atoms with Crippen molar-refractivity contribution in [1.29, 1.82) is 0 Å². The smallest absolute Gasteiger partial charge is 0.419 e. The number of carbonyl (C=O) groups excluding carboxylic acids is 3. The number of amides is 1. The Morgan fingerprint density at radius 2 is 1.79 bits per heavy atom. The summed E-state index contributed by atoms with van der Waals surface area (Å²) in [5.41, 5.74) is -0.574. The second-order valence-corrected chi connectivity index (χ2v) is 7.75. The van der Waals surface area contributed by atoms with Crippen LogP contribution in [0, 0.1) is 5.82 Å². The van der Waals surface area contributed by atoms with Crippen molar-refractivity contribution in [3.05, 3.63) is 88.6 Å². The number of pyridine rings is 2. The van der Waals surface area contributed by atoms with Crippen molar-refractivity contribution in [2.75, 3.05) is 18.5 Å². The highest BCUT2D eigenvalue weighted by atomic mass is 19.1. The standard InChI is InChI=1S/C27H22FN3O7/c1-3-36-26(34)30-21-13-17(38-25(33)16-7-6-12-29-15-16)10-11-18(21)22-14-23(32)19-8-5-9-20(28)24(19)31(22)27(35)37-4-2/h5-15H,3-4H2,1-2H3,(H,30,34). The molecule has 0 spiro atoms. The lowest BCUT2D eigenvalue weighted by atomic mass is 10.1. The lowest BCUT2D eigenvalue weighted by Crippen LogP contribution is -2.22. The van der Waals surface area contributed by atoms with Crippen LogP contribution in [0.2, 0.25) is 0 Å². The largest absolute Gasteiger partial charge is 0.450 e. The first-order valence-corrected chi connectivity index (χ1v) is 11.6. The molecule has 194 valence electrons. The highest BCUT2D eigenvalue weighted by molar-refractivity contribution is 5.98. The summed E-state index contributed by atoms with van der Waals surface area (Å²) < 4.78 is 31.4. The number of hydrogen-bond acceptors (Lipinski definition) is 8. The Bertz CT molecular complexity index is 1590. The molecular formula is C27H22FN3O7. The molecule has 0 saturated heterocycles. The van der Waals surface area contributed by atoms with Gasteiger partial charge in [-0.3, -0.25) is 15.1 Å². The topological polar surface area (TPSA) is 126 Å². The van der Waals surface area contributed by atoms with Gasteiger partial charge in [-0.2, -0.15) is 0 Å². The highest BCUT2D eigenvalue weighted by Crippen LogP contribution is 2.34. The summed E-state index contributed by atoms with van der Waals surface area (Å²) in [6.07, 6.45) is 1.05. The number of nitrogens with one attached hydrogen (secondary N) is 1. The van der Waals surface area contributed by atoms with E-state index in [9.17, 15) is 23.6 Å². The maximum atomic E-state index is 15.0. The van der Waals surface area contributed by atoms with Crippen molar-refractivity contribution in [1.82, 2.24) is 9.55 Å². The fraction of sp³-hybridized carbons (Fsp3) is 0.148. The molecular weight excluding hydrogens is 497 g/mol. The van der Waals surface area contributed by atoms with Crippen molar-refractivity contribution in [2.24, 2.45) is 0 Å². The van der Waals surface area contributed by atoms with Crippen molar-refractivity contribution in [3.63, 3.8) is 0 Å².